The molecular weight excluding hydrogens is 268 g/mol. The molecule has 2 atom stereocenters. The Labute approximate surface area is 113 Å². The van der Waals surface area contributed by atoms with Crippen LogP contribution in [0, 0.1) is 5.92 Å². The van der Waals surface area contributed by atoms with Gasteiger partial charge in [0, 0.05) is 24.0 Å². The Balaban J connectivity index is 1.91. The monoisotopic (exact) mass is 288 g/mol. The van der Waals surface area contributed by atoms with Crippen LogP contribution in [0.1, 0.15) is 18.2 Å². The Hall–Kier alpha value is -0.430. The molecule has 0 aromatic carbocycles. The van der Waals surface area contributed by atoms with Gasteiger partial charge < -0.3 is 5.73 Å². The second-order valence-corrected chi connectivity index (χ2v) is 8.03. The summed E-state index contributed by atoms with van der Waals surface area (Å²) in [6.07, 6.45) is 1.50. The molecule has 1 aliphatic heterocycles. The molecule has 0 amide bonds. The number of hydrogen-bond acceptors (Lipinski definition) is 4. The number of nitrogens with zero attached hydrogens (tertiary/aromatic N) is 1. The Bertz CT molecular complexity index is 468. The smallest absolute Gasteiger partial charge is 0.214 e. The van der Waals surface area contributed by atoms with Crippen LogP contribution in [0.5, 0.6) is 0 Å². The number of sulfonamides is 1. The van der Waals surface area contributed by atoms with Crippen molar-refractivity contribution in [2.24, 2.45) is 11.7 Å². The number of thiophene rings is 1. The second kappa shape index (κ2) is 5.69. The summed E-state index contributed by atoms with van der Waals surface area (Å²) < 4.78 is 26.0. The SMILES string of the molecule is CC(N)C1CCN(S(=O)(=O)CCc2cccs2)C1. The van der Waals surface area contributed by atoms with Crippen LogP contribution in [0.4, 0.5) is 0 Å². The summed E-state index contributed by atoms with van der Waals surface area (Å²) in [6, 6.07) is 4.01. The van der Waals surface area contributed by atoms with Crippen molar-refractivity contribution in [2.45, 2.75) is 25.8 Å². The molecule has 2 rings (SSSR count). The van der Waals surface area contributed by atoms with Gasteiger partial charge in [0.25, 0.3) is 0 Å². The predicted molar refractivity (Wildman–Crippen MR) is 75.1 cm³/mol. The van der Waals surface area contributed by atoms with Crippen molar-refractivity contribution in [1.82, 2.24) is 4.31 Å². The largest absolute Gasteiger partial charge is 0.328 e. The van der Waals surface area contributed by atoms with Crippen molar-refractivity contribution in [3.05, 3.63) is 22.4 Å². The van der Waals surface area contributed by atoms with E-state index < -0.39 is 10.0 Å². The summed E-state index contributed by atoms with van der Waals surface area (Å²) in [6.45, 7) is 3.16. The lowest BCUT2D eigenvalue weighted by molar-refractivity contribution is 0.429. The first-order valence-electron chi connectivity index (χ1n) is 6.25. The van der Waals surface area contributed by atoms with Crippen molar-refractivity contribution in [3.63, 3.8) is 0 Å². The molecule has 1 fully saturated rings. The highest BCUT2D eigenvalue weighted by molar-refractivity contribution is 7.89. The molecule has 0 radical (unpaired) electrons. The fourth-order valence-corrected chi connectivity index (χ4v) is 4.63. The van der Waals surface area contributed by atoms with E-state index >= 15 is 0 Å². The second-order valence-electron chi connectivity index (χ2n) is 4.91. The lowest BCUT2D eigenvalue weighted by atomic mass is 10.0. The molecule has 0 spiro atoms. The highest BCUT2D eigenvalue weighted by atomic mass is 32.2. The van der Waals surface area contributed by atoms with Crippen molar-refractivity contribution < 1.29 is 8.42 Å². The maximum atomic E-state index is 12.2. The number of hydrogen-bond donors (Lipinski definition) is 1. The maximum Gasteiger partial charge on any atom is 0.214 e. The Kier molecular flexibility index (Phi) is 4.42. The summed E-state index contributed by atoms with van der Waals surface area (Å²) in [7, 11) is -3.12. The molecule has 0 bridgehead atoms. The Morgan fingerprint density at radius 1 is 1.61 bits per heavy atom. The van der Waals surface area contributed by atoms with Gasteiger partial charge in [0.05, 0.1) is 5.75 Å². The standard InChI is InChI=1S/C12H20N2O2S2/c1-10(13)11-4-6-14(9-11)18(15,16)8-5-12-3-2-7-17-12/h2-3,7,10-11H,4-6,8-9,13H2,1H3. The van der Waals surface area contributed by atoms with E-state index in [1.807, 2.05) is 24.4 Å². The van der Waals surface area contributed by atoms with E-state index in [4.69, 9.17) is 5.73 Å². The average Bonchev–Trinajstić information content (AvgIpc) is 2.98. The molecule has 6 heteroatoms. The minimum absolute atomic E-state index is 0.0718. The van der Waals surface area contributed by atoms with Crippen LogP contribution in [0.3, 0.4) is 0 Å². The summed E-state index contributed by atoms with van der Waals surface area (Å²) in [5.74, 6) is 0.514. The van der Waals surface area contributed by atoms with Gasteiger partial charge in [-0.3, -0.25) is 0 Å². The van der Waals surface area contributed by atoms with Crippen molar-refractivity contribution >= 4 is 21.4 Å². The van der Waals surface area contributed by atoms with Crippen LogP contribution in [0.25, 0.3) is 0 Å². The average molecular weight is 288 g/mol. The highest BCUT2D eigenvalue weighted by Crippen LogP contribution is 2.22. The van der Waals surface area contributed by atoms with E-state index in [-0.39, 0.29) is 11.8 Å². The first-order valence-corrected chi connectivity index (χ1v) is 8.74. The topological polar surface area (TPSA) is 63.4 Å². The molecule has 0 aliphatic carbocycles. The molecule has 1 saturated heterocycles. The van der Waals surface area contributed by atoms with Crippen LogP contribution in [0.15, 0.2) is 17.5 Å². The molecular formula is C12H20N2O2S2. The number of rotatable bonds is 5. The molecule has 0 saturated carbocycles. The van der Waals surface area contributed by atoms with E-state index in [9.17, 15) is 8.42 Å². The molecule has 2 N–H and O–H groups in total. The zero-order valence-corrected chi connectivity index (χ0v) is 12.2. The Morgan fingerprint density at radius 2 is 2.39 bits per heavy atom. The van der Waals surface area contributed by atoms with Gasteiger partial charge in [-0.1, -0.05) is 6.07 Å². The summed E-state index contributed by atoms with van der Waals surface area (Å²) >= 11 is 1.61. The van der Waals surface area contributed by atoms with Gasteiger partial charge in [0.2, 0.25) is 10.0 Å². The van der Waals surface area contributed by atoms with Gasteiger partial charge in [-0.05, 0) is 37.1 Å². The van der Waals surface area contributed by atoms with Gasteiger partial charge >= 0.3 is 0 Å². The molecule has 18 heavy (non-hydrogen) atoms. The van der Waals surface area contributed by atoms with Gasteiger partial charge in [-0.15, -0.1) is 11.3 Å². The lowest BCUT2D eigenvalue weighted by Gasteiger charge is -2.17. The van der Waals surface area contributed by atoms with E-state index in [1.54, 1.807) is 15.6 Å². The fourth-order valence-electron chi connectivity index (χ4n) is 2.25. The third-order valence-corrected chi connectivity index (χ3v) is 6.29. The van der Waals surface area contributed by atoms with Gasteiger partial charge in [0.1, 0.15) is 0 Å². The van der Waals surface area contributed by atoms with E-state index in [1.165, 1.54) is 0 Å². The minimum Gasteiger partial charge on any atom is -0.328 e. The van der Waals surface area contributed by atoms with Crippen LogP contribution < -0.4 is 5.73 Å². The van der Waals surface area contributed by atoms with Gasteiger partial charge in [0.15, 0.2) is 0 Å². The first-order chi connectivity index (χ1) is 8.49. The van der Waals surface area contributed by atoms with Crippen LogP contribution in [-0.4, -0.2) is 37.6 Å². The maximum absolute atomic E-state index is 12.2. The zero-order chi connectivity index (χ0) is 13.2. The highest BCUT2D eigenvalue weighted by Gasteiger charge is 2.32. The first kappa shape index (κ1) is 14.0. The Morgan fingerprint density at radius 3 is 2.94 bits per heavy atom. The normalized spacial score (nSPS) is 23.3. The number of aryl methyl sites for hydroxylation is 1. The molecule has 2 heterocycles. The summed E-state index contributed by atoms with van der Waals surface area (Å²) in [5, 5.41) is 1.98. The molecule has 102 valence electrons. The molecule has 1 aliphatic rings. The quantitative estimate of drug-likeness (QED) is 0.888. The third kappa shape index (κ3) is 3.32. The van der Waals surface area contributed by atoms with E-state index in [2.05, 4.69) is 0 Å². The lowest BCUT2D eigenvalue weighted by Crippen LogP contribution is -2.34. The van der Waals surface area contributed by atoms with Crippen LogP contribution in [-0.2, 0) is 16.4 Å². The zero-order valence-electron chi connectivity index (χ0n) is 10.6. The molecule has 4 nitrogen and oxygen atoms in total. The molecule has 2 unspecified atom stereocenters. The van der Waals surface area contributed by atoms with E-state index in [0.29, 0.717) is 25.4 Å². The van der Waals surface area contributed by atoms with Gasteiger partial charge in [-0.25, -0.2) is 12.7 Å². The predicted octanol–water partition coefficient (Wildman–Crippen LogP) is 1.29. The summed E-state index contributed by atoms with van der Waals surface area (Å²) in [5.41, 5.74) is 5.83. The summed E-state index contributed by atoms with van der Waals surface area (Å²) in [4.78, 5) is 1.13. The van der Waals surface area contributed by atoms with Crippen LogP contribution in [0.2, 0.25) is 0 Å². The molecule has 1 aromatic heterocycles. The van der Waals surface area contributed by atoms with E-state index in [0.717, 1.165) is 11.3 Å². The van der Waals surface area contributed by atoms with Crippen LogP contribution >= 0.6 is 11.3 Å². The number of nitrogens with two attached hydrogens (primary N) is 1. The van der Waals surface area contributed by atoms with Crippen molar-refractivity contribution in [1.29, 1.82) is 0 Å². The van der Waals surface area contributed by atoms with Gasteiger partial charge in [-0.2, -0.15) is 0 Å². The molecule has 1 aromatic rings. The third-order valence-electron chi connectivity index (χ3n) is 3.51. The van der Waals surface area contributed by atoms with Crippen molar-refractivity contribution in [3.8, 4) is 0 Å². The van der Waals surface area contributed by atoms with Crippen molar-refractivity contribution in [2.75, 3.05) is 18.8 Å². The fraction of sp³-hybridized carbons (Fsp3) is 0.667. The minimum atomic E-state index is -3.12.